The van der Waals surface area contributed by atoms with E-state index < -0.39 is 0 Å². The molecule has 0 fully saturated rings. The molecule has 0 radical (unpaired) electrons. The molecule has 2 rings (SSSR count). The van der Waals surface area contributed by atoms with E-state index in [-0.39, 0.29) is 11.7 Å². The minimum atomic E-state index is -0.0578. The van der Waals surface area contributed by atoms with E-state index in [2.05, 4.69) is 17.4 Å². The number of amides is 1. The predicted molar refractivity (Wildman–Crippen MR) is 97.8 cm³/mol. The van der Waals surface area contributed by atoms with Gasteiger partial charge in [-0.1, -0.05) is 30.3 Å². The van der Waals surface area contributed by atoms with E-state index in [1.54, 1.807) is 31.4 Å². The summed E-state index contributed by atoms with van der Waals surface area (Å²) < 4.78 is 5.16. The highest BCUT2D eigenvalue weighted by Gasteiger charge is 2.15. The van der Waals surface area contributed by atoms with Gasteiger partial charge in [0.25, 0.3) is 5.91 Å². The summed E-state index contributed by atoms with van der Waals surface area (Å²) in [6.07, 6.45) is 0. The van der Waals surface area contributed by atoms with E-state index in [4.69, 9.17) is 4.74 Å². The standard InChI is InChI=1S/C20H24N2O3/c1-16(23)18-8-10-19(11-9-18)21-20(24)15-22(12-13-25-2)14-17-6-4-3-5-7-17/h3-11H,12-15H2,1-2H3,(H,21,24)/p+1. The topological polar surface area (TPSA) is 59.8 Å². The number of rotatable bonds is 9. The number of ether oxygens (including phenoxy) is 1. The van der Waals surface area contributed by atoms with Gasteiger partial charge in [-0.3, -0.25) is 9.59 Å². The van der Waals surface area contributed by atoms with E-state index in [0.29, 0.717) is 24.4 Å². The molecule has 2 aromatic rings. The van der Waals surface area contributed by atoms with Gasteiger partial charge in [0.15, 0.2) is 12.3 Å². The molecule has 1 amide bonds. The fraction of sp³-hybridized carbons (Fsp3) is 0.300. The summed E-state index contributed by atoms with van der Waals surface area (Å²) in [5.74, 6) is -0.0477. The first-order valence-corrected chi connectivity index (χ1v) is 8.35. The molecule has 5 heteroatoms. The number of ketones is 1. The molecule has 0 saturated heterocycles. The second-order valence-corrected chi connectivity index (χ2v) is 6.01. The first-order valence-electron chi connectivity index (χ1n) is 8.35. The Balaban J connectivity index is 1.94. The molecule has 0 aliphatic heterocycles. The van der Waals surface area contributed by atoms with Crippen molar-refractivity contribution in [2.75, 3.05) is 32.1 Å². The number of hydrogen-bond donors (Lipinski definition) is 2. The first-order chi connectivity index (χ1) is 12.1. The number of quaternary nitrogens is 1. The van der Waals surface area contributed by atoms with E-state index in [0.717, 1.165) is 18.0 Å². The van der Waals surface area contributed by atoms with Crippen molar-refractivity contribution in [1.29, 1.82) is 0 Å². The number of hydrogen-bond acceptors (Lipinski definition) is 3. The Kier molecular flexibility index (Phi) is 7.32. The molecule has 0 aromatic heterocycles. The van der Waals surface area contributed by atoms with Gasteiger partial charge in [-0.05, 0) is 31.2 Å². The van der Waals surface area contributed by atoms with Crippen molar-refractivity contribution >= 4 is 17.4 Å². The number of Topliss-reactive ketones (excluding diaryl/α,β-unsaturated/α-hetero) is 1. The van der Waals surface area contributed by atoms with E-state index in [1.165, 1.54) is 12.5 Å². The van der Waals surface area contributed by atoms with Crippen LogP contribution in [0.15, 0.2) is 54.6 Å². The molecule has 0 heterocycles. The molecule has 2 aromatic carbocycles. The fourth-order valence-corrected chi connectivity index (χ4v) is 2.59. The maximum Gasteiger partial charge on any atom is 0.279 e. The number of nitrogens with one attached hydrogen (secondary N) is 2. The Morgan fingerprint density at radius 3 is 2.32 bits per heavy atom. The van der Waals surface area contributed by atoms with Crippen LogP contribution in [0.2, 0.25) is 0 Å². The van der Waals surface area contributed by atoms with Crippen molar-refractivity contribution < 1.29 is 19.2 Å². The Labute approximate surface area is 148 Å². The molecule has 25 heavy (non-hydrogen) atoms. The van der Waals surface area contributed by atoms with Crippen LogP contribution < -0.4 is 10.2 Å². The minimum Gasteiger partial charge on any atom is -0.379 e. The molecular formula is C20H25N2O3+. The maximum atomic E-state index is 12.4. The molecule has 0 spiro atoms. The van der Waals surface area contributed by atoms with Crippen LogP contribution in [0, 0.1) is 0 Å². The zero-order valence-corrected chi connectivity index (χ0v) is 14.7. The summed E-state index contributed by atoms with van der Waals surface area (Å²) in [7, 11) is 1.66. The van der Waals surface area contributed by atoms with Gasteiger partial charge in [-0.25, -0.2) is 0 Å². The van der Waals surface area contributed by atoms with Crippen molar-refractivity contribution in [3.05, 3.63) is 65.7 Å². The number of carbonyl (C=O) groups excluding carboxylic acids is 2. The molecule has 2 N–H and O–H groups in total. The van der Waals surface area contributed by atoms with Gasteiger partial charge in [0, 0.05) is 23.9 Å². The van der Waals surface area contributed by atoms with Crippen LogP contribution in [-0.2, 0) is 16.1 Å². The summed E-state index contributed by atoms with van der Waals surface area (Å²) in [5.41, 5.74) is 2.52. The third-order valence-corrected chi connectivity index (χ3v) is 3.94. The monoisotopic (exact) mass is 341 g/mol. The second kappa shape index (κ2) is 9.71. The molecule has 132 valence electrons. The molecule has 5 nitrogen and oxygen atoms in total. The largest absolute Gasteiger partial charge is 0.379 e. The molecule has 0 aliphatic carbocycles. The van der Waals surface area contributed by atoms with Gasteiger partial charge in [-0.15, -0.1) is 0 Å². The average Bonchev–Trinajstić information content (AvgIpc) is 2.61. The number of anilines is 1. The fourth-order valence-electron chi connectivity index (χ4n) is 2.59. The lowest BCUT2D eigenvalue weighted by Crippen LogP contribution is -3.12. The average molecular weight is 341 g/mol. The lowest BCUT2D eigenvalue weighted by molar-refractivity contribution is -0.906. The quantitative estimate of drug-likeness (QED) is 0.681. The van der Waals surface area contributed by atoms with Gasteiger partial charge in [-0.2, -0.15) is 0 Å². The van der Waals surface area contributed by atoms with Crippen molar-refractivity contribution in [1.82, 2.24) is 0 Å². The zero-order valence-electron chi connectivity index (χ0n) is 14.7. The van der Waals surface area contributed by atoms with Crippen molar-refractivity contribution in [3.8, 4) is 0 Å². The molecule has 0 aliphatic rings. The van der Waals surface area contributed by atoms with Gasteiger partial charge in [0.1, 0.15) is 13.1 Å². The van der Waals surface area contributed by atoms with Crippen LogP contribution in [0.5, 0.6) is 0 Å². The lowest BCUT2D eigenvalue weighted by atomic mass is 10.1. The zero-order chi connectivity index (χ0) is 18.1. The van der Waals surface area contributed by atoms with Crippen LogP contribution in [-0.4, -0.2) is 38.5 Å². The highest BCUT2D eigenvalue weighted by atomic mass is 16.5. The molecule has 1 unspecified atom stereocenters. The highest BCUT2D eigenvalue weighted by molar-refractivity contribution is 5.95. The number of benzene rings is 2. The number of carbonyl (C=O) groups is 2. The minimum absolute atomic E-state index is 0.0101. The normalized spacial score (nSPS) is 11.8. The molecular weight excluding hydrogens is 316 g/mol. The Hall–Kier alpha value is -2.50. The van der Waals surface area contributed by atoms with Gasteiger partial charge in [0.2, 0.25) is 0 Å². The summed E-state index contributed by atoms with van der Waals surface area (Å²) in [6.45, 7) is 3.99. The first kappa shape index (κ1) is 18.8. The second-order valence-electron chi connectivity index (χ2n) is 6.01. The third kappa shape index (κ3) is 6.49. The lowest BCUT2D eigenvalue weighted by Gasteiger charge is -2.19. The Bertz CT molecular complexity index is 684. The van der Waals surface area contributed by atoms with Crippen LogP contribution in [0.3, 0.4) is 0 Å². The van der Waals surface area contributed by atoms with Gasteiger partial charge >= 0.3 is 0 Å². The predicted octanol–water partition coefficient (Wildman–Crippen LogP) is 1.56. The van der Waals surface area contributed by atoms with E-state index in [1.807, 2.05) is 18.2 Å². The smallest absolute Gasteiger partial charge is 0.279 e. The van der Waals surface area contributed by atoms with Gasteiger partial charge in [0.05, 0.1) is 6.61 Å². The summed E-state index contributed by atoms with van der Waals surface area (Å²) >= 11 is 0. The molecule has 0 bridgehead atoms. The van der Waals surface area contributed by atoms with Crippen molar-refractivity contribution in [2.24, 2.45) is 0 Å². The molecule has 0 saturated carbocycles. The third-order valence-electron chi connectivity index (χ3n) is 3.94. The Morgan fingerprint density at radius 2 is 1.72 bits per heavy atom. The Morgan fingerprint density at radius 1 is 1.04 bits per heavy atom. The maximum absolute atomic E-state index is 12.4. The van der Waals surface area contributed by atoms with Crippen LogP contribution in [0.4, 0.5) is 5.69 Å². The van der Waals surface area contributed by atoms with Crippen LogP contribution in [0.1, 0.15) is 22.8 Å². The van der Waals surface area contributed by atoms with Crippen molar-refractivity contribution in [2.45, 2.75) is 13.5 Å². The highest BCUT2D eigenvalue weighted by Crippen LogP contribution is 2.09. The van der Waals surface area contributed by atoms with Crippen LogP contribution >= 0.6 is 0 Å². The van der Waals surface area contributed by atoms with Crippen molar-refractivity contribution in [3.63, 3.8) is 0 Å². The van der Waals surface area contributed by atoms with Crippen LogP contribution in [0.25, 0.3) is 0 Å². The summed E-state index contributed by atoms with van der Waals surface area (Å²) in [4.78, 5) is 24.8. The SMILES string of the molecule is COCC[NH+](CC(=O)Nc1ccc(C(C)=O)cc1)Cc1ccccc1. The number of methoxy groups -OCH3 is 1. The van der Waals surface area contributed by atoms with Gasteiger partial charge < -0.3 is 15.0 Å². The summed E-state index contributed by atoms with van der Waals surface area (Å²) in [5, 5.41) is 2.89. The molecule has 1 atom stereocenters. The van der Waals surface area contributed by atoms with E-state index in [9.17, 15) is 9.59 Å². The summed E-state index contributed by atoms with van der Waals surface area (Å²) in [6, 6.07) is 17.0. The van der Waals surface area contributed by atoms with E-state index >= 15 is 0 Å².